The Balaban J connectivity index is 1.34. The number of nitrogens with zero attached hydrogens (tertiary/aromatic N) is 2. The molecule has 1 atom stereocenters. The molecule has 2 aliphatic rings. The van der Waals surface area contributed by atoms with Crippen LogP contribution in [0.3, 0.4) is 0 Å². The fraction of sp³-hybridized carbons (Fsp3) is 0.375. The average Bonchev–Trinajstić information content (AvgIpc) is 3.55. The lowest BCUT2D eigenvalue weighted by atomic mass is 10.0. The van der Waals surface area contributed by atoms with Gasteiger partial charge in [-0.25, -0.2) is 0 Å². The second-order valence-corrected chi connectivity index (χ2v) is 7.75. The first-order valence-corrected chi connectivity index (χ1v) is 10.3. The van der Waals surface area contributed by atoms with Gasteiger partial charge in [0.2, 0.25) is 5.91 Å². The van der Waals surface area contributed by atoms with Crippen molar-refractivity contribution in [3.8, 4) is 0 Å². The molecule has 1 N–H and O–H groups in total. The van der Waals surface area contributed by atoms with Gasteiger partial charge in [0.25, 0.3) is 0 Å². The van der Waals surface area contributed by atoms with E-state index in [4.69, 9.17) is 0 Å². The number of hydrogen-bond acceptors (Lipinski definition) is 3. The van der Waals surface area contributed by atoms with Crippen molar-refractivity contribution in [2.45, 2.75) is 24.9 Å². The lowest BCUT2D eigenvalue weighted by Gasteiger charge is -2.38. The van der Waals surface area contributed by atoms with Crippen LogP contribution in [0.25, 0.3) is 6.08 Å². The SMILES string of the molecule is O=C(NC1CC1)[C@@H](c1ccccc1)N1CCN(C/C=C/c2ccccc2)CC1. The molecule has 28 heavy (non-hydrogen) atoms. The first kappa shape index (κ1) is 18.9. The minimum absolute atomic E-state index is 0.158. The van der Waals surface area contributed by atoms with Gasteiger partial charge in [0.15, 0.2) is 0 Å². The van der Waals surface area contributed by atoms with E-state index in [1.165, 1.54) is 5.56 Å². The van der Waals surface area contributed by atoms with Crippen molar-refractivity contribution in [3.05, 3.63) is 77.9 Å². The van der Waals surface area contributed by atoms with Gasteiger partial charge in [-0.15, -0.1) is 0 Å². The Morgan fingerprint density at radius 3 is 2.25 bits per heavy atom. The van der Waals surface area contributed by atoms with Crippen LogP contribution in [-0.2, 0) is 4.79 Å². The highest BCUT2D eigenvalue weighted by atomic mass is 16.2. The van der Waals surface area contributed by atoms with Gasteiger partial charge in [-0.2, -0.15) is 0 Å². The van der Waals surface area contributed by atoms with E-state index in [2.05, 4.69) is 63.7 Å². The van der Waals surface area contributed by atoms with Gasteiger partial charge in [-0.05, 0) is 24.0 Å². The lowest BCUT2D eigenvalue weighted by Crippen LogP contribution is -2.51. The molecule has 4 rings (SSSR count). The van der Waals surface area contributed by atoms with Crippen molar-refractivity contribution in [1.29, 1.82) is 0 Å². The third-order valence-electron chi connectivity index (χ3n) is 5.53. The van der Waals surface area contributed by atoms with Crippen LogP contribution < -0.4 is 5.32 Å². The smallest absolute Gasteiger partial charge is 0.242 e. The van der Waals surface area contributed by atoms with Crippen molar-refractivity contribution in [2.75, 3.05) is 32.7 Å². The van der Waals surface area contributed by atoms with E-state index in [-0.39, 0.29) is 11.9 Å². The number of carbonyl (C=O) groups excluding carboxylic acids is 1. The average molecular weight is 376 g/mol. The molecular formula is C24H29N3O. The first-order valence-electron chi connectivity index (χ1n) is 10.3. The van der Waals surface area contributed by atoms with Crippen molar-refractivity contribution >= 4 is 12.0 Å². The molecule has 0 aromatic heterocycles. The molecule has 146 valence electrons. The fourth-order valence-electron chi connectivity index (χ4n) is 3.78. The zero-order chi connectivity index (χ0) is 19.2. The largest absolute Gasteiger partial charge is 0.352 e. The summed E-state index contributed by atoms with van der Waals surface area (Å²) in [5.41, 5.74) is 2.33. The van der Waals surface area contributed by atoms with E-state index in [9.17, 15) is 4.79 Å². The molecule has 0 unspecified atom stereocenters. The Bertz CT molecular complexity index is 778. The van der Waals surface area contributed by atoms with Gasteiger partial charge in [-0.3, -0.25) is 14.6 Å². The van der Waals surface area contributed by atoms with Crippen LogP contribution in [0.4, 0.5) is 0 Å². The maximum absolute atomic E-state index is 12.9. The molecule has 1 heterocycles. The molecule has 4 nitrogen and oxygen atoms in total. The molecule has 2 aromatic rings. The highest BCUT2D eigenvalue weighted by Gasteiger charge is 2.33. The van der Waals surface area contributed by atoms with Crippen LogP contribution in [0, 0.1) is 0 Å². The van der Waals surface area contributed by atoms with Crippen LogP contribution in [0.1, 0.15) is 30.0 Å². The topological polar surface area (TPSA) is 35.6 Å². The third kappa shape index (κ3) is 5.09. The van der Waals surface area contributed by atoms with Gasteiger partial charge in [0, 0.05) is 38.8 Å². The maximum Gasteiger partial charge on any atom is 0.242 e. The third-order valence-corrected chi connectivity index (χ3v) is 5.53. The van der Waals surface area contributed by atoms with E-state index < -0.39 is 0 Å². The lowest BCUT2D eigenvalue weighted by molar-refractivity contribution is -0.127. The monoisotopic (exact) mass is 375 g/mol. The number of benzene rings is 2. The molecule has 1 saturated carbocycles. The zero-order valence-electron chi connectivity index (χ0n) is 16.3. The molecule has 0 radical (unpaired) electrons. The first-order chi connectivity index (χ1) is 13.8. The van der Waals surface area contributed by atoms with E-state index in [1.54, 1.807) is 0 Å². The number of hydrogen-bond donors (Lipinski definition) is 1. The van der Waals surface area contributed by atoms with Crippen LogP contribution in [-0.4, -0.2) is 54.5 Å². The summed E-state index contributed by atoms with van der Waals surface area (Å²) in [4.78, 5) is 17.7. The molecule has 0 bridgehead atoms. The summed E-state index contributed by atoms with van der Waals surface area (Å²) in [6.07, 6.45) is 6.66. The maximum atomic E-state index is 12.9. The highest BCUT2D eigenvalue weighted by molar-refractivity contribution is 5.83. The predicted octanol–water partition coefficient (Wildman–Crippen LogP) is 3.34. The minimum atomic E-state index is -0.177. The van der Waals surface area contributed by atoms with E-state index in [0.717, 1.165) is 51.1 Å². The van der Waals surface area contributed by atoms with Crippen molar-refractivity contribution in [2.24, 2.45) is 0 Å². The summed E-state index contributed by atoms with van der Waals surface area (Å²) >= 11 is 0. The summed E-state index contributed by atoms with van der Waals surface area (Å²) < 4.78 is 0. The van der Waals surface area contributed by atoms with E-state index in [1.807, 2.05) is 24.3 Å². The number of nitrogens with one attached hydrogen (secondary N) is 1. The quantitative estimate of drug-likeness (QED) is 0.806. The van der Waals surface area contributed by atoms with Gasteiger partial charge < -0.3 is 5.32 Å². The molecule has 0 spiro atoms. The summed E-state index contributed by atoms with van der Waals surface area (Å²) in [5.74, 6) is 0.158. The molecule has 4 heteroatoms. The molecule has 2 fully saturated rings. The Kier molecular flexibility index (Phi) is 6.20. The van der Waals surface area contributed by atoms with Crippen LogP contribution in [0.2, 0.25) is 0 Å². The highest BCUT2D eigenvalue weighted by Crippen LogP contribution is 2.25. The molecule has 1 saturated heterocycles. The second kappa shape index (κ2) is 9.18. The molecule has 1 aliphatic carbocycles. The summed E-state index contributed by atoms with van der Waals surface area (Å²) in [6.45, 7) is 4.75. The standard InChI is InChI=1S/C24H29N3O/c28-24(25-22-13-14-22)23(21-11-5-2-6-12-21)27-18-16-26(17-19-27)15-7-10-20-8-3-1-4-9-20/h1-12,22-23H,13-19H2,(H,25,28)/b10-7+/t23-/m1/s1. The van der Waals surface area contributed by atoms with E-state index in [0.29, 0.717) is 6.04 Å². The zero-order valence-corrected chi connectivity index (χ0v) is 16.3. The summed E-state index contributed by atoms with van der Waals surface area (Å²) in [7, 11) is 0. The molecule has 2 aromatic carbocycles. The minimum Gasteiger partial charge on any atom is -0.352 e. The van der Waals surface area contributed by atoms with Gasteiger partial charge in [-0.1, -0.05) is 72.8 Å². The normalized spacial score (nSPS) is 19.6. The Morgan fingerprint density at radius 1 is 0.964 bits per heavy atom. The van der Waals surface area contributed by atoms with Crippen molar-refractivity contribution in [1.82, 2.24) is 15.1 Å². The summed E-state index contributed by atoms with van der Waals surface area (Å²) in [6, 6.07) is 20.8. The van der Waals surface area contributed by atoms with Crippen LogP contribution >= 0.6 is 0 Å². The summed E-state index contributed by atoms with van der Waals surface area (Å²) in [5, 5.41) is 3.21. The van der Waals surface area contributed by atoms with Crippen LogP contribution in [0.5, 0.6) is 0 Å². The Hall–Kier alpha value is -2.43. The van der Waals surface area contributed by atoms with Crippen molar-refractivity contribution in [3.63, 3.8) is 0 Å². The van der Waals surface area contributed by atoms with E-state index >= 15 is 0 Å². The van der Waals surface area contributed by atoms with Gasteiger partial charge in [0.1, 0.15) is 6.04 Å². The van der Waals surface area contributed by atoms with Crippen LogP contribution in [0.15, 0.2) is 66.7 Å². The van der Waals surface area contributed by atoms with Gasteiger partial charge in [0.05, 0.1) is 0 Å². The molecule has 1 amide bonds. The number of rotatable bonds is 7. The second-order valence-electron chi connectivity index (χ2n) is 7.75. The Morgan fingerprint density at radius 2 is 1.61 bits per heavy atom. The number of piperazine rings is 1. The molecular weight excluding hydrogens is 346 g/mol. The number of carbonyl (C=O) groups is 1. The predicted molar refractivity (Wildman–Crippen MR) is 114 cm³/mol. The van der Waals surface area contributed by atoms with Gasteiger partial charge >= 0.3 is 0 Å². The Labute approximate surface area is 167 Å². The molecule has 1 aliphatic heterocycles. The number of amides is 1. The fourth-order valence-corrected chi connectivity index (χ4v) is 3.78. The van der Waals surface area contributed by atoms with Crippen molar-refractivity contribution < 1.29 is 4.79 Å².